The van der Waals surface area contributed by atoms with Crippen molar-refractivity contribution in [2.45, 2.75) is 26.1 Å². The molecule has 0 saturated heterocycles. The van der Waals surface area contributed by atoms with E-state index in [4.69, 9.17) is 4.74 Å². The Morgan fingerprint density at radius 1 is 1.54 bits per heavy atom. The molecule has 0 saturated carbocycles. The molecule has 76 valence electrons. The first-order valence-corrected chi connectivity index (χ1v) is 4.22. The molecule has 0 radical (unpaired) electrons. The van der Waals surface area contributed by atoms with Crippen LogP contribution in [0.5, 0.6) is 0 Å². The highest BCUT2D eigenvalue weighted by Gasteiger charge is 2.27. The van der Waals surface area contributed by atoms with Gasteiger partial charge >= 0.3 is 5.97 Å². The summed E-state index contributed by atoms with van der Waals surface area (Å²) < 4.78 is 22.6. The van der Waals surface area contributed by atoms with Crippen LogP contribution in [-0.2, 0) is 14.3 Å². The number of hydrogen-bond acceptors (Lipinski definition) is 3. The molecule has 0 amide bonds. The van der Waals surface area contributed by atoms with Gasteiger partial charge < -0.3 is 9.47 Å². The number of halogens is 1. The Morgan fingerprint density at radius 2 is 2.15 bits per heavy atom. The van der Waals surface area contributed by atoms with Gasteiger partial charge in [-0.3, -0.25) is 0 Å². The van der Waals surface area contributed by atoms with Crippen LogP contribution in [-0.4, -0.2) is 31.5 Å². The minimum Gasteiger partial charge on any atom is -0.464 e. The maximum Gasteiger partial charge on any atom is 0.343 e. The zero-order valence-electron chi connectivity index (χ0n) is 7.96. The van der Waals surface area contributed by atoms with Gasteiger partial charge in [0.25, 0.3) is 0 Å². The van der Waals surface area contributed by atoms with Gasteiger partial charge in [0, 0.05) is 6.61 Å². The predicted molar refractivity (Wildman–Crippen MR) is 47.1 cm³/mol. The van der Waals surface area contributed by atoms with Crippen LogP contribution in [0.3, 0.4) is 0 Å². The molecule has 0 N–H and O–H groups in total. The molecule has 0 heterocycles. The van der Waals surface area contributed by atoms with E-state index < -0.39 is 18.2 Å². The van der Waals surface area contributed by atoms with E-state index in [2.05, 4.69) is 11.3 Å². The third-order valence-electron chi connectivity index (χ3n) is 1.39. The third kappa shape index (κ3) is 4.03. The van der Waals surface area contributed by atoms with Crippen LogP contribution < -0.4 is 0 Å². The first-order valence-electron chi connectivity index (χ1n) is 4.22. The van der Waals surface area contributed by atoms with Crippen molar-refractivity contribution in [2.75, 3.05) is 13.2 Å². The van der Waals surface area contributed by atoms with Gasteiger partial charge in [-0.2, -0.15) is 0 Å². The highest BCUT2D eigenvalue weighted by Crippen LogP contribution is 2.07. The van der Waals surface area contributed by atoms with Crippen molar-refractivity contribution < 1.29 is 18.7 Å². The second-order valence-corrected chi connectivity index (χ2v) is 2.31. The number of hydrogen-bond donors (Lipinski definition) is 0. The van der Waals surface area contributed by atoms with Crippen molar-refractivity contribution in [3.8, 4) is 0 Å². The molecule has 0 spiro atoms. The number of carbonyl (C=O) groups is 1. The molecule has 0 aromatic heterocycles. The van der Waals surface area contributed by atoms with E-state index >= 15 is 0 Å². The van der Waals surface area contributed by atoms with Gasteiger partial charge in [0.2, 0.25) is 6.17 Å². The Hall–Kier alpha value is -0.900. The van der Waals surface area contributed by atoms with Crippen molar-refractivity contribution in [2.24, 2.45) is 0 Å². The van der Waals surface area contributed by atoms with Gasteiger partial charge in [-0.05, 0) is 13.8 Å². The molecular weight excluding hydrogens is 175 g/mol. The van der Waals surface area contributed by atoms with Crippen LogP contribution in [0.1, 0.15) is 13.8 Å². The summed E-state index contributed by atoms with van der Waals surface area (Å²) in [5.41, 5.74) is 0. The van der Waals surface area contributed by atoms with Gasteiger partial charge in [-0.15, -0.1) is 6.58 Å². The average molecular weight is 190 g/mol. The smallest absolute Gasteiger partial charge is 0.343 e. The van der Waals surface area contributed by atoms with Crippen LogP contribution in [0.2, 0.25) is 0 Å². The van der Waals surface area contributed by atoms with Crippen molar-refractivity contribution in [1.29, 1.82) is 0 Å². The lowest BCUT2D eigenvalue weighted by molar-refractivity contribution is -0.153. The molecular formula is C9H15FO3. The lowest BCUT2D eigenvalue weighted by Gasteiger charge is -2.15. The summed E-state index contributed by atoms with van der Waals surface area (Å²) >= 11 is 0. The van der Waals surface area contributed by atoms with Gasteiger partial charge in [0.05, 0.1) is 6.61 Å². The van der Waals surface area contributed by atoms with Crippen molar-refractivity contribution in [3.05, 3.63) is 12.7 Å². The second-order valence-electron chi connectivity index (χ2n) is 2.31. The van der Waals surface area contributed by atoms with Crippen molar-refractivity contribution in [1.82, 2.24) is 0 Å². The Balaban J connectivity index is 4.09. The quantitative estimate of drug-likeness (QED) is 0.470. The van der Waals surface area contributed by atoms with E-state index in [0.717, 1.165) is 0 Å². The van der Waals surface area contributed by atoms with Gasteiger partial charge in [-0.1, -0.05) is 6.08 Å². The maximum atomic E-state index is 13.2. The second kappa shape index (κ2) is 6.60. The maximum absolute atomic E-state index is 13.2. The van der Waals surface area contributed by atoms with E-state index in [9.17, 15) is 9.18 Å². The fraction of sp³-hybridized carbons (Fsp3) is 0.667. The molecule has 0 rings (SSSR count). The topological polar surface area (TPSA) is 35.5 Å². The van der Waals surface area contributed by atoms with Crippen LogP contribution in [0.4, 0.5) is 4.39 Å². The molecule has 0 fully saturated rings. The molecule has 0 bridgehead atoms. The molecule has 0 aromatic carbocycles. The van der Waals surface area contributed by atoms with Crippen LogP contribution in [0, 0.1) is 0 Å². The fourth-order valence-electron chi connectivity index (χ4n) is 0.820. The monoisotopic (exact) mass is 190 g/mol. The van der Waals surface area contributed by atoms with Crippen LogP contribution in [0.25, 0.3) is 0 Å². The zero-order valence-corrected chi connectivity index (χ0v) is 7.96. The summed E-state index contributed by atoms with van der Waals surface area (Å²) in [5, 5.41) is 0. The van der Waals surface area contributed by atoms with Gasteiger partial charge in [-0.25, -0.2) is 9.18 Å². The van der Waals surface area contributed by atoms with Gasteiger partial charge in [0.1, 0.15) is 6.10 Å². The molecule has 2 atom stereocenters. The highest BCUT2D eigenvalue weighted by molar-refractivity contribution is 5.75. The number of ether oxygens (including phenoxy) is 2. The van der Waals surface area contributed by atoms with Crippen molar-refractivity contribution >= 4 is 5.97 Å². The van der Waals surface area contributed by atoms with E-state index in [1.54, 1.807) is 13.8 Å². The summed E-state index contributed by atoms with van der Waals surface area (Å²) in [6, 6.07) is 0. The number of carbonyl (C=O) groups excluding carboxylic acids is 1. The molecule has 2 unspecified atom stereocenters. The molecule has 0 aliphatic rings. The molecule has 0 aliphatic carbocycles. The number of alkyl halides is 1. The molecule has 0 aliphatic heterocycles. The summed E-state index contributed by atoms with van der Waals surface area (Å²) in [6.07, 6.45) is -1.44. The lowest BCUT2D eigenvalue weighted by Crippen LogP contribution is -2.32. The molecule has 0 aromatic rings. The summed E-state index contributed by atoms with van der Waals surface area (Å²) in [6.45, 7) is 7.20. The van der Waals surface area contributed by atoms with Crippen LogP contribution >= 0.6 is 0 Å². The normalized spacial score (nSPS) is 14.7. The third-order valence-corrected chi connectivity index (χ3v) is 1.39. The predicted octanol–water partition coefficient (Wildman–Crippen LogP) is 1.48. The fourth-order valence-corrected chi connectivity index (χ4v) is 0.820. The summed E-state index contributed by atoms with van der Waals surface area (Å²) in [5.74, 6) is -0.902. The Morgan fingerprint density at radius 3 is 2.54 bits per heavy atom. The molecule has 4 heteroatoms. The highest BCUT2D eigenvalue weighted by atomic mass is 19.1. The lowest BCUT2D eigenvalue weighted by atomic mass is 10.2. The Labute approximate surface area is 77.5 Å². The number of esters is 1. The van der Waals surface area contributed by atoms with E-state index in [0.29, 0.717) is 6.61 Å². The molecule has 13 heavy (non-hydrogen) atoms. The van der Waals surface area contributed by atoms with E-state index in [-0.39, 0.29) is 6.61 Å². The average Bonchev–Trinajstić information content (AvgIpc) is 2.13. The minimum absolute atomic E-state index is 0.162. The SMILES string of the molecule is C=CC(OCC)C(F)C(=O)OCC. The van der Waals surface area contributed by atoms with Crippen LogP contribution in [0.15, 0.2) is 12.7 Å². The standard InChI is InChI=1S/C9H15FO3/c1-4-7(12-5-2)8(10)9(11)13-6-3/h4,7-8H,1,5-6H2,2-3H3. The first-order chi connectivity index (χ1) is 6.17. The molecule has 3 nitrogen and oxygen atoms in total. The summed E-state index contributed by atoms with van der Waals surface area (Å²) in [7, 11) is 0. The zero-order chi connectivity index (χ0) is 10.3. The largest absolute Gasteiger partial charge is 0.464 e. The Bertz CT molecular complexity index is 170. The van der Waals surface area contributed by atoms with E-state index in [1.807, 2.05) is 0 Å². The number of rotatable bonds is 6. The van der Waals surface area contributed by atoms with E-state index in [1.165, 1.54) is 6.08 Å². The minimum atomic E-state index is -1.78. The first kappa shape index (κ1) is 12.1. The van der Waals surface area contributed by atoms with Crippen molar-refractivity contribution in [3.63, 3.8) is 0 Å². The van der Waals surface area contributed by atoms with Gasteiger partial charge in [0.15, 0.2) is 0 Å². The summed E-state index contributed by atoms with van der Waals surface area (Å²) in [4.78, 5) is 10.9. The Kier molecular flexibility index (Phi) is 6.14.